The van der Waals surface area contributed by atoms with Crippen LogP contribution in [0, 0.1) is 11.3 Å². The number of benzene rings is 11. The molecule has 13 rings (SSSR count). The van der Waals surface area contributed by atoms with E-state index < -0.39 is 0 Å². The summed E-state index contributed by atoms with van der Waals surface area (Å²) in [5.74, 6) is 0.378. The summed E-state index contributed by atoms with van der Waals surface area (Å²) in [6.07, 6.45) is 0. The molecule has 0 bridgehead atoms. The second-order valence-electron chi connectivity index (χ2n) is 17.0. The van der Waals surface area contributed by atoms with Crippen molar-refractivity contribution in [2.75, 3.05) is 0 Å². The SMILES string of the molecule is CC(C)c1ccc2c(c1)c1cc3c(cc1c1cc4c5ccccc5n(-c5ccccc5)c4cc21)c1cc(C#N)ccc1c1cc2c(cc31)c1ccccc1n2-c1ccccc1. The number of aromatic nitrogens is 2. The van der Waals surface area contributed by atoms with Gasteiger partial charge in [0.2, 0.25) is 0 Å². The lowest BCUT2D eigenvalue weighted by atomic mass is 9.86. The first kappa shape index (κ1) is 34.0. The average Bonchev–Trinajstić information content (AvgIpc) is 3.82. The van der Waals surface area contributed by atoms with Crippen molar-refractivity contribution in [3.05, 3.63) is 193 Å². The van der Waals surface area contributed by atoms with Gasteiger partial charge in [-0.05, 0) is 161 Å². The third kappa shape index (κ3) is 4.73. The highest BCUT2D eigenvalue weighted by molar-refractivity contribution is 6.35. The van der Waals surface area contributed by atoms with Crippen LogP contribution in [0.3, 0.4) is 0 Å². The summed E-state index contributed by atoms with van der Waals surface area (Å²) in [5.41, 5.74) is 9.02. The van der Waals surface area contributed by atoms with E-state index in [2.05, 4.69) is 205 Å². The zero-order chi connectivity index (χ0) is 40.5. The molecule has 0 aliphatic carbocycles. The Hall–Kier alpha value is -7.93. The van der Waals surface area contributed by atoms with Crippen molar-refractivity contribution in [3.8, 4) is 17.4 Å². The molecule has 13 aromatic rings. The van der Waals surface area contributed by atoms with Gasteiger partial charge in [-0.25, -0.2) is 0 Å². The van der Waals surface area contributed by atoms with Crippen molar-refractivity contribution < 1.29 is 0 Å². The molecule has 0 saturated carbocycles. The second kappa shape index (κ2) is 12.5. The lowest BCUT2D eigenvalue weighted by Crippen LogP contribution is -1.94. The molecule has 0 atom stereocenters. The molecule has 0 saturated heterocycles. The van der Waals surface area contributed by atoms with Gasteiger partial charge in [0.1, 0.15) is 0 Å². The van der Waals surface area contributed by atoms with E-state index in [1.165, 1.54) is 97.7 Å². The summed E-state index contributed by atoms with van der Waals surface area (Å²) in [6.45, 7) is 4.57. The third-order valence-corrected chi connectivity index (χ3v) is 13.4. The number of nitriles is 1. The van der Waals surface area contributed by atoms with Crippen LogP contribution in [0.5, 0.6) is 0 Å². The Morgan fingerprint density at radius 2 is 0.721 bits per heavy atom. The molecule has 0 spiro atoms. The van der Waals surface area contributed by atoms with E-state index >= 15 is 0 Å². The molecule has 2 heterocycles. The quantitative estimate of drug-likeness (QED) is 0.130. The van der Waals surface area contributed by atoms with Gasteiger partial charge in [-0.15, -0.1) is 0 Å². The fourth-order valence-electron chi connectivity index (χ4n) is 10.6. The lowest BCUT2D eigenvalue weighted by Gasteiger charge is -2.17. The summed E-state index contributed by atoms with van der Waals surface area (Å²) < 4.78 is 4.81. The molecule has 284 valence electrons. The van der Waals surface area contributed by atoms with Crippen LogP contribution in [0.4, 0.5) is 0 Å². The number of rotatable bonds is 3. The Kier molecular flexibility index (Phi) is 6.99. The fraction of sp³-hybridized carbons (Fsp3) is 0.0517. The van der Waals surface area contributed by atoms with Crippen LogP contribution < -0.4 is 0 Å². The van der Waals surface area contributed by atoms with Crippen LogP contribution in [-0.2, 0) is 0 Å². The molecule has 11 aromatic carbocycles. The molecule has 0 aliphatic rings. The zero-order valence-corrected chi connectivity index (χ0v) is 33.7. The molecule has 3 nitrogen and oxygen atoms in total. The highest BCUT2D eigenvalue weighted by Crippen LogP contribution is 2.46. The first-order valence-electron chi connectivity index (χ1n) is 21.2. The maximum atomic E-state index is 10.3. The van der Waals surface area contributed by atoms with Gasteiger partial charge in [0.25, 0.3) is 0 Å². The standard InChI is InChI=1S/C58H37N3/c1-34(2)36-22-24-40-44(26-36)46-28-47-45(27-48(46)50-30-54-42-18-10-12-20-56(42)61(58(54)32-52(40)50)38-15-7-4-8-16-38)43-25-35(33-59)21-23-39(43)51-31-57-53(29-49(47)51)41-17-9-11-19-55(41)60(57)37-13-5-3-6-14-37/h3-32,34H,1-2H3. The maximum Gasteiger partial charge on any atom is 0.0991 e. The second-order valence-corrected chi connectivity index (χ2v) is 17.0. The highest BCUT2D eigenvalue weighted by Gasteiger charge is 2.21. The summed E-state index contributed by atoms with van der Waals surface area (Å²) in [4.78, 5) is 0. The minimum Gasteiger partial charge on any atom is -0.309 e. The van der Waals surface area contributed by atoms with E-state index in [4.69, 9.17) is 0 Å². The largest absolute Gasteiger partial charge is 0.309 e. The first-order valence-corrected chi connectivity index (χ1v) is 21.2. The van der Waals surface area contributed by atoms with Crippen LogP contribution in [0.15, 0.2) is 182 Å². The van der Waals surface area contributed by atoms with Gasteiger partial charge < -0.3 is 9.13 Å². The lowest BCUT2D eigenvalue weighted by molar-refractivity contribution is 0.869. The Bertz CT molecular complexity index is 4070. The summed E-state index contributed by atoms with van der Waals surface area (Å²) in [5, 5.41) is 29.7. The van der Waals surface area contributed by atoms with Gasteiger partial charge in [-0.1, -0.05) is 111 Å². The van der Waals surface area contributed by atoms with Crippen LogP contribution in [0.2, 0.25) is 0 Å². The van der Waals surface area contributed by atoms with Gasteiger partial charge in [-0.3, -0.25) is 0 Å². The van der Waals surface area contributed by atoms with E-state index in [0.29, 0.717) is 11.5 Å². The molecular weight excluding hydrogens is 739 g/mol. The van der Waals surface area contributed by atoms with E-state index in [9.17, 15) is 5.26 Å². The summed E-state index contributed by atoms with van der Waals surface area (Å²) in [6, 6.07) is 69.4. The van der Waals surface area contributed by atoms with Crippen molar-refractivity contribution in [1.82, 2.24) is 9.13 Å². The molecule has 61 heavy (non-hydrogen) atoms. The van der Waals surface area contributed by atoms with E-state index in [1.807, 2.05) is 6.07 Å². The van der Waals surface area contributed by atoms with Gasteiger partial charge in [0.05, 0.1) is 33.7 Å². The number of para-hydroxylation sites is 4. The molecule has 0 radical (unpaired) electrons. The van der Waals surface area contributed by atoms with Crippen molar-refractivity contribution in [2.45, 2.75) is 19.8 Å². The van der Waals surface area contributed by atoms with E-state index in [-0.39, 0.29) is 0 Å². The molecule has 3 heteroatoms. The van der Waals surface area contributed by atoms with Crippen LogP contribution >= 0.6 is 0 Å². The topological polar surface area (TPSA) is 33.6 Å². The average molecular weight is 776 g/mol. The smallest absolute Gasteiger partial charge is 0.0991 e. The Morgan fingerprint density at radius 1 is 0.328 bits per heavy atom. The predicted octanol–water partition coefficient (Wildman–Crippen LogP) is 15.8. The van der Waals surface area contributed by atoms with Crippen molar-refractivity contribution in [3.63, 3.8) is 0 Å². The normalized spacial score (nSPS) is 12.2. The number of nitrogens with zero attached hydrogens (tertiary/aromatic N) is 3. The highest BCUT2D eigenvalue weighted by atomic mass is 15.0. The molecule has 0 unspecified atom stereocenters. The molecule has 0 amide bonds. The van der Waals surface area contributed by atoms with Gasteiger partial charge in [0, 0.05) is 32.9 Å². The Labute approximate surface area is 351 Å². The molecule has 2 aromatic heterocycles. The van der Waals surface area contributed by atoms with Crippen LogP contribution in [-0.4, -0.2) is 9.13 Å². The molecule has 0 N–H and O–H groups in total. The fourth-order valence-corrected chi connectivity index (χ4v) is 10.6. The third-order valence-electron chi connectivity index (χ3n) is 13.4. The first-order chi connectivity index (χ1) is 30.0. The molecule has 0 fully saturated rings. The van der Waals surface area contributed by atoms with Gasteiger partial charge in [-0.2, -0.15) is 5.26 Å². The molecular formula is C58H37N3. The van der Waals surface area contributed by atoms with E-state index in [0.717, 1.165) is 27.5 Å². The number of fused-ring (bicyclic) bond motifs is 18. The minimum atomic E-state index is 0.378. The van der Waals surface area contributed by atoms with E-state index in [1.54, 1.807) is 0 Å². The van der Waals surface area contributed by atoms with Crippen molar-refractivity contribution in [2.24, 2.45) is 0 Å². The van der Waals surface area contributed by atoms with Crippen molar-refractivity contribution >= 4 is 108 Å². The van der Waals surface area contributed by atoms with Crippen LogP contribution in [0.25, 0.3) is 120 Å². The summed E-state index contributed by atoms with van der Waals surface area (Å²) >= 11 is 0. The summed E-state index contributed by atoms with van der Waals surface area (Å²) in [7, 11) is 0. The Balaban J connectivity index is 1.24. The van der Waals surface area contributed by atoms with Crippen molar-refractivity contribution in [1.29, 1.82) is 5.26 Å². The molecule has 0 aliphatic heterocycles. The monoisotopic (exact) mass is 775 g/mol. The van der Waals surface area contributed by atoms with Gasteiger partial charge in [0.15, 0.2) is 0 Å². The number of hydrogen-bond donors (Lipinski definition) is 0. The van der Waals surface area contributed by atoms with Gasteiger partial charge >= 0.3 is 0 Å². The predicted molar refractivity (Wildman–Crippen MR) is 259 cm³/mol. The van der Waals surface area contributed by atoms with Crippen LogP contribution in [0.1, 0.15) is 30.9 Å². The Morgan fingerprint density at radius 3 is 1.20 bits per heavy atom. The maximum absolute atomic E-state index is 10.3. The number of hydrogen-bond acceptors (Lipinski definition) is 1. The minimum absolute atomic E-state index is 0.378. The zero-order valence-electron chi connectivity index (χ0n) is 33.7.